The summed E-state index contributed by atoms with van der Waals surface area (Å²) >= 11 is 5.97. The summed E-state index contributed by atoms with van der Waals surface area (Å²) in [4.78, 5) is 27.9. The number of H-pyrrole nitrogens is 1. The van der Waals surface area contributed by atoms with Crippen molar-refractivity contribution >= 4 is 23.5 Å². The predicted molar refractivity (Wildman–Crippen MR) is 89.1 cm³/mol. The molecule has 2 saturated heterocycles. The van der Waals surface area contributed by atoms with E-state index in [9.17, 15) is 14.7 Å². The van der Waals surface area contributed by atoms with E-state index in [1.54, 1.807) is 4.90 Å². The van der Waals surface area contributed by atoms with E-state index in [1.807, 2.05) is 0 Å². The number of carboxylic acid groups (broad SMARTS) is 1. The minimum Gasteiger partial charge on any atom is -0.480 e. The Bertz CT molecular complexity index is 625. The summed E-state index contributed by atoms with van der Waals surface area (Å²) in [6, 6.07) is -0.394. The van der Waals surface area contributed by atoms with Crippen molar-refractivity contribution in [2.45, 2.75) is 38.6 Å². The number of aliphatic carboxylic acids is 1. The minimum absolute atomic E-state index is 0.00673. The first-order valence-corrected chi connectivity index (χ1v) is 8.78. The summed E-state index contributed by atoms with van der Waals surface area (Å²) < 4.78 is 0. The molecule has 132 valence electrons. The van der Waals surface area contributed by atoms with E-state index in [0.29, 0.717) is 30.2 Å². The lowest BCUT2D eigenvalue weighted by molar-refractivity contribution is -0.142. The summed E-state index contributed by atoms with van der Waals surface area (Å²) in [7, 11) is 0. The molecule has 8 heteroatoms. The quantitative estimate of drug-likeness (QED) is 0.861. The summed E-state index contributed by atoms with van der Waals surface area (Å²) in [5, 5.41) is 16.3. The van der Waals surface area contributed by atoms with Crippen molar-refractivity contribution < 1.29 is 14.7 Å². The zero-order valence-corrected chi connectivity index (χ0v) is 14.6. The predicted octanol–water partition coefficient (Wildman–Crippen LogP) is 1.85. The number of hydrogen-bond donors (Lipinski definition) is 2. The Kier molecular flexibility index (Phi) is 4.83. The van der Waals surface area contributed by atoms with Gasteiger partial charge in [0, 0.05) is 19.6 Å². The van der Waals surface area contributed by atoms with Crippen molar-refractivity contribution in [1.82, 2.24) is 20.0 Å². The van der Waals surface area contributed by atoms with Gasteiger partial charge in [0.25, 0.3) is 5.91 Å². The highest BCUT2D eigenvalue weighted by Gasteiger charge is 2.48. The molecule has 0 saturated carbocycles. The van der Waals surface area contributed by atoms with E-state index < -0.39 is 12.0 Å². The van der Waals surface area contributed by atoms with E-state index in [-0.39, 0.29) is 11.3 Å². The number of hydrogen-bond acceptors (Lipinski definition) is 4. The molecule has 0 aromatic carbocycles. The van der Waals surface area contributed by atoms with Crippen LogP contribution in [0.4, 0.5) is 0 Å². The monoisotopic (exact) mass is 354 g/mol. The van der Waals surface area contributed by atoms with Crippen molar-refractivity contribution in [3.8, 4) is 0 Å². The standard InChI is InChI=1S/C16H23ClN4O3/c1-2-5-21-10-16(8-12(21)15(23)24)3-6-20(7-4-16)14(22)13-11(17)9-18-19-13/h9,12H,2-8,10H2,1H3,(H,18,19)(H,23,24). The van der Waals surface area contributed by atoms with Crippen molar-refractivity contribution in [2.75, 3.05) is 26.2 Å². The summed E-state index contributed by atoms with van der Waals surface area (Å²) in [5.74, 6) is -0.867. The van der Waals surface area contributed by atoms with Gasteiger partial charge in [-0.25, -0.2) is 0 Å². The number of rotatable bonds is 4. The lowest BCUT2D eigenvalue weighted by atomic mass is 9.76. The first kappa shape index (κ1) is 17.2. The summed E-state index contributed by atoms with van der Waals surface area (Å²) in [6.45, 7) is 4.94. The third-order valence-corrected chi connectivity index (χ3v) is 5.61. The number of carbonyl (C=O) groups is 2. The highest BCUT2D eigenvalue weighted by atomic mass is 35.5. The second kappa shape index (κ2) is 6.72. The third kappa shape index (κ3) is 3.15. The molecule has 1 amide bonds. The highest BCUT2D eigenvalue weighted by Crippen LogP contribution is 2.43. The molecule has 24 heavy (non-hydrogen) atoms. The average Bonchev–Trinajstić information content (AvgIpc) is 3.12. The van der Waals surface area contributed by atoms with Gasteiger partial charge in [0.05, 0.1) is 11.2 Å². The number of halogens is 1. The highest BCUT2D eigenvalue weighted by molar-refractivity contribution is 6.33. The Morgan fingerprint density at radius 2 is 2.17 bits per heavy atom. The number of likely N-dealkylation sites (tertiary alicyclic amines) is 2. The van der Waals surface area contributed by atoms with Gasteiger partial charge < -0.3 is 10.0 Å². The van der Waals surface area contributed by atoms with Crippen LogP contribution < -0.4 is 0 Å². The average molecular weight is 355 g/mol. The van der Waals surface area contributed by atoms with Gasteiger partial charge in [-0.15, -0.1) is 0 Å². The van der Waals surface area contributed by atoms with Crippen LogP contribution in [0.3, 0.4) is 0 Å². The van der Waals surface area contributed by atoms with Gasteiger partial charge in [-0.3, -0.25) is 19.6 Å². The molecule has 3 heterocycles. The van der Waals surface area contributed by atoms with E-state index in [4.69, 9.17) is 11.6 Å². The molecule has 2 fully saturated rings. The van der Waals surface area contributed by atoms with Gasteiger partial charge in [0.15, 0.2) is 0 Å². The number of aromatic amines is 1. The molecule has 0 radical (unpaired) electrons. The molecule has 0 bridgehead atoms. The summed E-state index contributed by atoms with van der Waals surface area (Å²) in [5.41, 5.74) is 0.335. The second-order valence-corrected chi connectivity index (χ2v) is 7.32. The van der Waals surface area contributed by atoms with Crippen LogP contribution in [0.25, 0.3) is 0 Å². The Morgan fingerprint density at radius 1 is 1.46 bits per heavy atom. The van der Waals surface area contributed by atoms with Crippen molar-refractivity contribution in [2.24, 2.45) is 5.41 Å². The molecule has 1 atom stereocenters. The number of amides is 1. The van der Waals surface area contributed by atoms with Gasteiger partial charge in [-0.05, 0) is 37.6 Å². The van der Waals surface area contributed by atoms with Crippen LogP contribution >= 0.6 is 11.6 Å². The molecule has 1 spiro atoms. The molecule has 1 aromatic rings. The fourth-order valence-corrected chi connectivity index (χ4v) is 4.21. The molecule has 2 aliphatic heterocycles. The Balaban J connectivity index is 1.65. The maximum atomic E-state index is 12.5. The van der Waals surface area contributed by atoms with Gasteiger partial charge in [-0.1, -0.05) is 18.5 Å². The molecule has 2 N–H and O–H groups in total. The molecule has 7 nitrogen and oxygen atoms in total. The van der Waals surface area contributed by atoms with E-state index in [2.05, 4.69) is 22.0 Å². The fraction of sp³-hybridized carbons (Fsp3) is 0.688. The zero-order chi connectivity index (χ0) is 17.3. The Morgan fingerprint density at radius 3 is 2.71 bits per heavy atom. The first-order chi connectivity index (χ1) is 11.5. The molecular weight excluding hydrogens is 332 g/mol. The number of nitrogens with one attached hydrogen (secondary N) is 1. The third-order valence-electron chi connectivity index (χ3n) is 5.32. The maximum absolute atomic E-state index is 12.5. The lowest BCUT2D eigenvalue weighted by Gasteiger charge is -2.39. The van der Waals surface area contributed by atoms with Gasteiger partial charge in [0.1, 0.15) is 11.7 Å². The van der Waals surface area contributed by atoms with Crippen LogP contribution in [0.15, 0.2) is 6.20 Å². The Labute approximate surface area is 146 Å². The topological polar surface area (TPSA) is 89.5 Å². The van der Waals surface area contributed by atoms with Crippen LogP contribution in [0.2, 0.25) is 5.02 Å². The number of piperidine rings is 1. The zero-order valence-electron chi connectivity index (χ0n) is 13.8. The molecule has 3 rings (SSSR count). The van der Waals surface area contributed by atoms with Gasteiger partial charge >= 0.3 is 5.97 Å². The minimum atomic E-state index is -0.733. The van der Waals surface area contributed by atoms with Gasteiger partial charge in [-0.2, -0.15) is 5.10 Å². The molecule has 2 aliphatic rings. The van der Waals surface area contributed by atoms with E-state index in [0.717, 1.165) is 32.4 Å². The van der Waals surface area contributed by atoms with E-state index >= 15 is 0 Å². The second-order valence-electron chi connectivity index (χ2n) is 6.91. The number of carboxylic acids is 1. The van der Waals surface area contributed by atoms with Crippen molar-refractivity contribution in [1.29, 1.82) is 0 Å². The van der Waals surface area contributed by atoms with Crippen molar-refractivity contribution in [3.05, 3.63) is 16.9 Å². The molecule has 1 unspecified atom stereocenters. The van der Waals surface area contributed by atoms with E-state index in [1.165, 1.54) is 6.20 Å². The number of carbonyl (C=O) groups excluding carboxylic acids is 1. The maximum Gasteiger partial charge on any atom is 0.320 e. The molecule has 1 aromatic heterocycles. The van der Waals surface area contributed by atoms with Gasteiger partial charge in [0.2, 0.25) is 0 Å². The van der Waals surface area contributed by atoms with Crippen molar-refractivity contribution in [3.63, 3.8) is 0 Å². The largest absolute Gasteiger partial charge is 0.480 e. The Hall–Kier alpha value is -1.60. The van der Waals surface area contributed by atoms with Crippen LogP contribution in [-0.4, -0.2) is 69.2 Å². The molecular formula is C16H23ClN4O3. The molecule has 0 aliphatic carbocycles. The SMILES string of the molecule is CCCN1CC2(CCN(C(=O)c3[nH]ncc3Cl)CC2)CC1C(=O)O. The van der Waals surface area contributed by atoms with Crippen LogP contribution in [-0.2, 0) is 4.79 Å². The number of nitrogens with zero attached hydrogens (tertiary/aromatic N) is 3. The summed E-state index contributed by atoms with van der Waals surface area (Å²) in [6.07, 6.45) is 4.71. The lowest BCUT2D eigenvalue weighted by Crippen LogP contribution is -2.44. The van der Waals surface area contributed by atoms with Crippen LogP contribution in [0.1, 0.15) is 43.1 Å². The normalized spacial score (nSPS) is 23.8. The van der Waals surface area contributed by atoms with Crippen LogP contribution in [0.5, 0.6) is 0 Å². The fourth-order valence-electron chi connectivity index (χ4n) is 4.04. The smallest absolute Gasteiger partial charge is 0.320 e. The first-order valence-electron chi connectivity index (χ1n) is 8.41. The number of aromatic nitrogens is 2. The van der Waals surface area contributed by atoms with Crippen LogP contribution in [0, 0.1) is 5.41 Å².